The van der Waals surface area contributed by atoms with Gasteiger partial charge < -0.3 is 9.64 Å². The van der Waals surface area contributed by atoms with E-state index in [1.54, 1.807) is 43.4 Å². The first-order valence-corrected chi connectivity index (χ1v) is 12.1. The first kappa shape index (κ1) is 23.8. The third-order valence-electron chi connectivity index (χ3n) is 4.64. The highest BCUT2D eigenvalue weighted by atomic mass is 35.5. The Morgan fingerprint density at radius 3 is 2.28 bits per heavy atom. The first-order valence-electron chi connectivity index (χ1n) is 9.48. The number of ether oxygens (including phenoxy) is 1. The van der Waals surface area contributed by atoms with Crippen LogP contribution in [0.5, 0.6) is 0 Å². The van der Waals surface area contributed by atoms with Gasteiger partial charge in [-0.25, -0.2) is 13.2 Å². The van der Waals surface area contributed by atoms with Gasteiger partial charge in [-0.05, 0) is 36.4 Å². The molecular weight excluding hydrogens is 472 g/mol. The van der Waals surface area contributed by atoms with Crippen molar-refractivity contribution in [2.24, 2.45) is 0 Å². The summed E-state index contributed by atoms with van der Waals surface area (Å²) < 4.78 is 33.1. The van der Waals surface area contributed by atoms with E-state index in [2.05, 4.69) is 0 Å². The number of carbonyl (C=O) groups excluding carboxylic acids is 2. The summed E-state index contributed by atoms with van der Waals surface area (Å²) >= 11 is 7.25. The molecule has 2 aromatic carbocycles. The van der Waals surface area contributed by atoms with Crippen LogP contribution in [0, 0.1) is 0 Å². The molecule has 3 rings (SSSR count). The summed E-state index contributed by atoms with van der Waals surface area (Å²) in [4.78, 5) is 27.1. The Hall–Kier alpha value is -2.88. The Morgan fingerprint density at radius 1 is 0.969 bits per heavy atom. The van der Waals surface area contributed by atoms with Crippen LogP contribution in [0.2, 0.25) is 4.34 Å². The van der Waals surface area contributed by atoms with Crippen molar-refractivity contribution in [2.75, 3.05) is 25.0 Å². The second-order valence-electron chi connectivity index (χ2n) is 6.84. The highest BCUT2D eigenvalue weighted by Crippen LogP contribution is 2.25. The number of benzene rings is 2. The molecule has 0 aliphatic heterocycles. The van der Waals surface area contributed by atoms with E-state index in [1.165, 1.54) is 47.5 Å². The van der Waals surface area contributed by atoms with E-state index < -0.39 is 28.5 Å². The number of likely N-dealkylation sites (N-methyl/N-ethyl adjacent to an activating group) is 1. The van der Waals surface area contributed by atoms with Crippen LogP contribution < -0.4 is 4.31 Å². The number of thiophene rings is 1. The maximum Gasteiger partial charge on any atom is 0.340 e. The fraction of sp³-hybridized carbons (Fsp3) is 0.182. The minimum Gasteiger partial charge on any atom is -0.452 e. The van der Waals surface area contributed by atoms with E-state index in [1.807, 2.05) is 6.07 Å². The standard InChI is InChI=1S/C22H21ClN2O5S2/c1-24(14-17-12-13-20(23)31-17)21(26)15-30-22(27)18-10-6-7-11-19(18)32(28,29)25(2)16-8-4-3-5-9-16/h3-13H,14-15H2,1-2H3. The number of carbonyl (C=O) groups is 2. The molecule has 0 aliphatic rings. The number of hydrogen-bond donors (Lipinski definition) is 0. The fourth-order valence-corrected chi connectivity index (χ4v) is 5.37. The van der Waals surface area contributed by atoms with Crippen LogP contribution in [-0.4, -0.2) is 45.9 Å². The maximum atomic E-state index is 13.1. The number of hydrogen-bond acceptors (Lipinski definition) is 6. The Morgan fingerprint density at radius 2 is 1.62 bits per heavy atom. The predicted octanol–water partition coefficient (Wildman–Crippen LogP) is 4.04. The minimum atomic E-state index is -4.03. The largest absolute Gasteiger partial charge is 0.452 e. The van der Waals surface area contributed by atoms with Crippen LogP contribution in [0.4, 0.5) is 5.69 Å². The molecule has 0 radical (unpaired) electrons. The molecule has 0 N–H and O–H groups in total. The molecule has 0 atom stereocenters. The monoisotopic (exact) mass is 492 g/mol. The summed E-state index contributed by atoms with van der Waals surface area (Å²) in [5.41, 5.74) is 0.303. The van der Waals surface area contributed by atoms with Gasteiger partial charge >= 0.3 is 5.97 Å². The van der Waals surface area contributed by atoms with Gasteiger partial charge in [0.05, 0.1) is 22.1 Å². The number of halogens is 1. The van der Waals surface area contributed by atoms with Crippen LogP contribution in [-0.2, 0) is 26.1 Å². The molecule has 7 nitrogen and oxygen atoms in total. The second kappa shape index (κ2) is 10.2. The minimum absolute atomic E-state index is 0.143. The molecule has 0 aliphatic carbocycles. The molecule has 168 valence electrons. The normalized spacial score (nSPS) is 11.1. The molecule has 1 aromatic heterocycles. The zero-order chi connectivity index (χ0) is 23.3. The Kier molecular flexibility index (Phi) is 7.55. The maximum absolute atomic E-state index is 13.1. The van der Waals surface area contributed by atoms with E-state index in [0.717, 1.165) is 9.18 Å². The lowest BCUT2D eigenvalue weighted by Crippen LogP contribution is -2.31. The summed E-state index contributed by atoms with van der Waals surface area (Å²) in [5.74, 6) is -1.32. The smallest absolute Gasteiger partial charge is 0.340 e. The summed E-state index contributed by atoms with van der Waals surface area (Å²) in [5, 5.41) is 0. The first-order chi connectivity index (χ1) is 15.2. The van der Waals surface area contributed by atoms with Crippen LogP contribution >= 0.6 is 22.9 Å². The summed E-state index contributed by atoms with van der Waals surface area (Å²) in [6, 6.07) is 17.8. The zero-order valence-corrected chi connectivity index (χ0v) is 19.8. The lowest BCUT2D eigenvalue weighted by molar-refractivity contribution is -0.133. The SMILES string of the molecule is CN(Cc1ccc(Cl)s1)C(=O)COC(=O)c1ccccc1S(=O)(=O)N(C)c1ccccc1. The molecule has 0 unspecified atom stereocenters. The van der Waals surface area contributed by atoms with Crippen LogP contribution in [0.3, 0.4) is 0 Å². The van der Waals surface area contributed by atoms with Crippen molar-refractivity contribution in [1.82, 2.24) is 4.90 Å². The molecule has 10 heteroatoms. The van der Waals surface area contributed by atoms with Gasteiger partial charge in [0.15, 0.2) is 6.61 Å². The molecule has 0 bridgehead atoms. The van der Waals surface area contributed by atoms with Gasteiger partial charge in [-0.1, -0.05) is 41.9 Å². The van der Waals surface area contributed by atoms with E-state index in [9.17, 15) is 18.0 Å². The number of esters is 1. The Bertz CT molecular complexity index is 1210. The molecule has 0 spiro atoms. The third kappa shape index (κ3) is 5.48. The average Bonchev–Trinajstić information content (AvgIpc) is 3.21. The number of anilines is 1. The fourth-order valence-electron chi connectivity index (χ4n) is 2.86. The lowest BCUT2D eigenvalue weighted by atomic mass is 10.2. The topological polar surface area (TPSA) is 84.0 Å². The van der Waals surface area contributed by atoms with Crippen molar-refractivity contribution in [2.45, 2.75) is 11.4 Å². The van der Waals surface area contributed by atoms with Crippen molar-refractivity contribution in [1.29, 1.82) is 0 Å². The Balaban J connectivity index is 1.72. The zero-order valence-electron chi connectivity index (χ0n) is 17.4. The summed E-state index contributed by atoms with van der Waals surface area (Å²) in [6.07, 6.45) is 0. The number of nitrogens with zero attached hydrogens (tertiary/aromatic N) is 2. The van der Waals surface area contributed by atoms with Crippen molar-refractivity contribution in [3.8, 4) is 0 Å². The van der Waals surface area contributed by atoms with Gasteiger partial charge in [0.1, 0.15) is 4.90 Å². The van der Waals surface area contributed by atoms with Gasteiger partial charge in [0, 0.05) is 19.0 Å². The van der Waals surface area contributed by atoms with E-state index in [4.69, 9.17) is 16.3 Å². The van der Waals surface area contributed by atoms with Gasteiger partial charge in [-0.15, -0.1) is 11.3 Å². The van der Waals surface area contributed by atoms with E-state index in [-0.39, 0.29) is 10.5 Å². The van der Waals surface area contributed by atoms with Crippen molar-refractivity contribution < 1.29 is 22.7 Å². The van der Waals surface area contributed by atoms with Crippen LogP contribution in [0.15, 0.2) is 71.6 Å². The highest BCUT2D eigenvalue weighted by molar-refractivity contribution is 7.92. The Labute approximate surface area is 195 Å². The molecule has 0 fully saturated rings. The van der Waals surface area contributed by atoms with Gasteiger partial charge in [0.2, 0.25) is 0 Å². The number of para-hydroxylation sites is 1. The molecule has 1 amide bonds. The van der Waals surface area contributed by atoms with Gasteiger partial charge in [-0.3, -0.25) is 9.10 Å². The van der Waals surface area contributed by atoms with Gasteiger partial charge in [-0.2, -0.15) is 0 Å². The lowest BCUT2D eigenvalue weighted by Gasteiger charge is -2.21. The quantitative estimate of drug-likeness (QED) is 0.443. The summed E-state index contributed by atoms with van der Waals surface area (Å²) in [7, 11) is -1.05. The molecule has 3 aromatic rings. The van der Waals surface area contributed by atoms with Crippen LogP contribution in [0.25, 0.3) is 0 Å². The van der Waals surface area contributed by atoms with E-state index >= 15 is 0 Å². The predicted molar refractivity (Wildman–Crippen MR) is 125 cm³/mol. The number of rotatable bonds is 8. The second-order valence-corrected chi connectivity index (χ2v) is 10.6. The van der Waals surface area contributed by atoms with E-state index in [0.29, 0.717) is 16.6 Å². The molecule has 1 heterocycles. The highest BCUT2D eigenvalue weighted by Gasteiger charge is 2.28. The van der Waals surface area contributed by atoms with Crippen molar-refractivity contribution in [3.63, 3.8) is 0 Å². The van der Waals surface area contributed by atoms with Crippen molar-refractivity contribution in [3.05, 3.63) is 81.5 Å². The third-order valence-corrected chi connectivity index (χ3v) is 7.70. The average molecular weight is 493 g/mol. The van der Waals surface area contributed by atoms with Gasteiger partial charge in [0.25, 0.3) is 15.9 Å². The van der Waals surface area contributed by atoms with Crippen molar-refractivity contribution >= 4 is 50.5 Å². The van der Waals surface area contributed by atoms with Crippen LogP contribution in [0.1, 0.15) is 15.2 Å². The molecule has 0 saturated heterocycles. The summed E-state index contributed by atoms with van der Waals surface area (Å²) in [6.45, 7) is -0.196. The molecule has 32 heavy (non-hydrogen) atoms. The molecule has 0 saturated carbocycles. The molecular formula is C22H21ClN2O5S2. The number of amides is 1. The number of sulfonamides is 1.